The summed E-state index contributed by atoms with van der Waals surface area (Å²) in [5.41, 5.74) is -0.522. The normalized spacial score (nSPS) is 21.7. The van der Waals surface area contributed by atoms with E-state index in [9.17, 15) is 13.9 Å². The maximum Gasteiger partial charge on any atom is 0.266 e. The van der Waals surface area contributed by atoms with Crippen LogP contribution < -0.4 is 0 Å². The molecule has 88 valence electrons. The minimum absolute atomic E-state index is 0.168. The van der Waals surface area contributed by atoms with E-state index in [1.165, 1.54) is 5.57 Å². The molecule has 0 radical (unpaired) electrons. The van der Waals surface area contributed by atoms with E-state index in [4.69, 9.17) is 0 Å². The molecule has 0 aromatic heterocycles. The van der Waals surface area contributed by atoms with E-state index in [1.54, 1.807) is 0 Å². The molecule has 0 amide bonds. The number of halogens is 2. The third-order valence-electron chi connectivity index (χ3n) is 2.89. The van der Waals surface area contributed by atoms with Crippen molar-refractivity contribution < 1.29 is 13.9 Å². The molecule has 1 rings (SSSR count). The molecule has 1 heterocycles. The number of likely N-dealkylation sites (tertiary alicyclic amines) is 1. The summed E-state index contributed by atoms with van der Waals surface area (Å²) in [5, 5.41) is 9.55. The van der Waals surface area contributed by atoms with E-state index >= 15 is 0 Å². The minimum Gasteiger partial charge on any atom is -0.384 e. The Bertz CT molecular complexity index is 229. The number of aliphatic hydroxyl groups is 1. The molecular weight excluding hydrogens is 200 g/mol. The molecule has 0 saturated carbocycles. The highest BCUT2D eigenvalue weighted by molar-refractivity contribution is 4.97. The second kappa shape index (κ2) is 5.03. The van der Waals surface area contributed by atoms with Crippen LogP contribution in [0, 0.1) is 0 Å². The monoisotopic (exact) mass is 219 g/mol. The van der Waals surface area contributed by atoms with Gasteiger partial charge in [-0.05, 0) is 26.7 Å². The number of hydrogen-bond donors (Lipinski definition) is 1. The lowest BCUT2D eigenvalue weighted by atomic mass is 9.92. The van der Waals surface area contributed by atoms with Crippen LogP contribution in [0.5, 0.6) is 0 Å². The largest absolute Gasteiger partial charge is 0.384 e. The third kappa shape index (κ3) is 3.54. The first-order valence-corrected chi connectivity index (χ1v) is 5.30. The highest BCUT2D eigenvalue weighted by Gasteiger charge is 2.40. The number of allylic oxidation sites excluding steroid dienone is 1. The molecule has 0 spiro atoms. The summed E-state index contributed by atoms with van der Waals surface area (Å²) in [6, 6.07) is 0. The summed E-state index contributed by atoms with van der Waals surface area (Å²) in [7, 11) is 0. The van der Waals surface area contributed by atoms with Gasteiger partial charge >= 0.3 is 0 Å². The average Bonchev–Trinajstić information content (AvgIpc) is 2.16. The smallest absolute Gasteiger partial charge is 0.266 e. The Labute approximate surface area is 89.6 Å². The number of alkyl halides is 2. The van der Waals surface area contributed by atoms with Gasteiger partial charge in [0.1, 0.15) is 5.60 Å². The summed E-state index contributed by atoms with van der Waals surface area (Å²) in [5.74, 6) is 0. The zero-order chi connectivity index (χ0) is 11.5. The van der Waals surface area contributed by atoms with Gasteiger partial charge in [0.25, 0.3) is 6.43 Å². The summed E-state index contributed by atoms with van der Waals surface area (Å²) in [6.45, 7) is 5.91. The Morgan fingerprint density at radius 1 is 1.40 bits per heavy atom. The van der Waals surface area contributed by atoms with Gasteiger partial charge in [0, 0.05) is 19.6 Å². The van der Waals surface area contributed by atoms with Gasteiger partial charge in [0.2, 0.25) is 0 Å². The molecule has 0 aromatic carbocycles. The van der Waals surface area contributed by atoms with Gasteiger partial charge in [0.15, 0.2) is 0 Å². The number of piperidine rings is 1. The molecule has 1 fully saturated rings. The fraction of sp³-hybridized carbons (Fsp3) is 0.818. The molecule has 0 aromatic rings. The van der Waals surface area contributed by atoms with E-state index in [0.717, 1.165) is 6.54 Å². The van der Waals surface area contributed by atoms with Crippen LogP contribution in [-0.2, 0) is 0 Å². The molecule has 0 unspecified atom stereocenters. The SMILES string of the molecule is CC(C)=CCN1CCC(O)(C(F)F)CC1. The van der Waals surface area contributed by atoms with Gasteiger partial charge in [-0.15, -0.1) is 0 Å². The molecule has 1 aliphatic rings. The van der Waals surface area contributed by atoms with E-state index in [-0.39, 0.29) is 12.8 Å². The molecule has 0 bridgehead atoms. The standard InChI is InChI=1S/C11H19F2NO/c1-9(2)3-6-14-7-4-11(15,5-8-14)10(12)13/h3,10,15H,4-8H2,1-2H3. The second-order valence-corrected chi connectivity index (χ2v) is 4.49. The summed E-state index contributed by atoms with van der Waals surface area (Å²) in [6.07, 6.45) is -0.210. The predicted octanol–water partition coefficient (Wildman–Crippen LogP) is 2.04. The lowest BCUT2D eigenvalue weighted by Gasteiger charge is -2.37. The zero-order valence-corrected chi connectivity index (χ0v) is 9.34. The van der Waals surface area contributed by atoms with Crippen LogP contribution in [-0.4, -0.2) is 41.7 Å². The Hall–Kier alpha value is -0.480. The van der Waals surface area contributed by atoms with Crippen molar-refractivity contribution in [2.45, 2.75) is 38.7 Å². The number of rotatable bonds is 3. The van der Waals surface area contributed by atoms with Gasteiger partial charge < -0.3 is 5.11 Å². The van der Waals surface area contributed by atoms with Crippen molar-refractivity contribution in [2.24, 2.45) is 0 Å². The Morgan fingerprint density at radius 2 is 1.93 bits per heavy atom. The Morgan fingerprint density at radius 3 is 2.33 bits per heavy atom. The molecule has 1 saturated heterocycles. The molecular formula is C11H19F2NO. The maximum absolute atomic E-state index is 12.5. The second-order valence-electron chi connectivity index (χ2n) is 4.49. The van der Waals surface area contributed by atoms with E-state index in [1.807, 2.05) is 13.8 Å². The lowest BCUT2D eigenvalue weighted by molar-refractivity contribution is -0.125. The van der Waals surface area contributed by atoms with Crippen molar-refractivity contribution in [1.29, 1.82) is 0 Å². The van der Waals surface area contributed by atoms with Crippen LogP contribution in [0.25, 0.3) is 0 Å². The van der Waals surface area contributed by atoms with Crippen molar-refractivity contribution >= 4 is 0 Å². The van der Waals surface area contributed by atoms with E-state index in [0.29, 0.717) is 13.1 Å². The highest BCUT2D eigenvalue weighted by Crippen LogP contribution is 2.28. The highest BCUT2D eigenvalue weighted by atomic mass is 19.3. The lowest BCUT2D eigenvalue weighted by Crippen LogP contribution is -2.48. The van der Waals surface area contributed by atoms with Crippen LogP contribution in [0.3, 0.4) is 0 Å². The van der Waals surface area contributed by atoms with E-state index < -0.39 is 12.0 Å². The number of nitrogens with zero attached hydrogens (tertiary/aromatic N) is 1. The predicted molar refractivity (Wildman–Crippen MR) is 56.1 cm³/mol. The first kappa shape index (κ1) is 12.6. The molecule has 0 atom stereocenters. The average molecular weight is 219 g/mol. The van der Waals surface area contributed by atoms with Crippen LogP contribution in [0.15, 0.2) is 11.6 Å². The quantitative estimate of drug-likeness (QED) is 0.734. The molecule has 1 N–H and O–H groups in total. The van der Waals surface area contributed by atoms with Crippen molar-refractivity contribution in [3.8, 4) is 0 Å². The maximum atomic E-state index is 12.5. The summed E-state index contributed by atoms with van der Waals surface area (Å²) < 4.78 is 24.9. The van der Waals surface area contributed by atoms with Gasteiger partial charge in [-0.25, -0.2) is 8.78 Å². The fourth-order valence-corrected chi connectivity index (χ4v) is 1.65. The Balaban J connectivity index is 2.39. The number of hydrogen-bond acceptors (Lipinski definition) is 2. The van der Waals surface area contributed by atoms with Crippen LogP contribution in [0.1, 0.15) is 26.7 Å². The van der Waals surface area contributed by atoms with Crippen molar-refractivity contribution in [2.75, 3.05) is 19.6 Å². The van der Waals surface area contributed by atoms with Crippen LogP contribution in [0.4, 0.5) is 8.78 Å². The van der Waals surface area contributed by atoms with Crippen LogP contribution >= 0.6 is 0 Å². The van der Waals surface area contributed by atoms with Gasteiger partial charge in [-0.2, -0.15) is 0 Å². The van der Waals surface area contributed by atoms with E-state index in [2.05, 4.69) is 11.0 Å². The van der Waals surface area contributed by atoms with Gasteiger partial charge in [-0.3, -0.25) is 4.90 Å². The van der Waals surface area contributed by atoms with Crippen molar-refractivity contribution in [3.63, 3.8) is 0 Å². The topological polar surface area (TPSA) is 23.5 Å². The Kier molecular flexibility index (Phi) is 4.22. The molecule has 0 aliphatic carbocycles. The molecule has 15 heavy (non-hydrogen) atoms. The third-order valence-corrected chi connectivity index (χ3v) is 2.89. The fourth-order valence-electron chi connectivity index (χ4n) is 1.65. The first-order chi connectivity index (χ1) is 6.94. The van der Waals surface area contributed by atoms with Crippen molar-refractivity contribution in [1.82, 2.24) is 4.90 Å². The van der Waals surface area contributed by atoms with Crippen molar-refractivity contribution in [3.05, 3.63) is 11.6 Å². The molecule has 1 aliphatic heterocycles. The zero-order valence-electron chi connectivity index (χ0n) is 9.34. The summed E-state index contributed by atoms with van der Waals surface area (Å²) in [4.78, 5) is 2.09. The van der Waals surface area contributed by atoms with Gasteiger partial charge in [0.05, 0.1) is 0 Å². The molecule has 2 nitrogen and oxygen atoms in total. The van der Waals surface area contributed by atoms with Crippen LogP contribution in [0.2, 0.25) is 0 Å². The summed E-state index contributed by atoms with van der Waals surface area (Å²) >= 11 is 0. The first-order valence-electron chi connectivity index (χ1n) is 5.30. The minimum atomic E-state index is -2.62. The van der Waals surface area contributed by atoms with Gasteiger partial charge in [-0.1, -0.05) is 11.6 Å². The molecule has 4 heteroatoms.